The van der Waals surface area contributed by atoms with Gasteiger partial charge in [0.25, 0.3) is 0 Å². The standard InChI is InChI=1S/C13H21N3O2S/c1-7(2)11(12(14)16-18)13(17)15-6-10-5-8(3)9(4)19-10/h5,7,11,18H,6H2,1-4H3,(H2,14,16)(H,15,17). The fourth-order valence-corrected chi connectivity index (χ4v) is 2.86. The number of carbonyl (C=O) groups is 1. The molecule has 0 fully saturated rings. The summed E-state index contributed by atoms with van der Waals surface area (Å²) in [6, 6.07) is 2.06. The molecule has 1 heterocycles. The van der Waals surface area contributed by atoms with Crippen molar-refractivity contribution in [1.82, 2.24) is 5.32 Å². The lowest BCUT2D eigenvalue weighted by Gasteiger charge is -2.18. The molecule has 0 saturated carbocycles. The number of hydrogen-bond donors (Lipinski definition) is 3. The predicted molar refractivity (Wildman–Crippen MR) is 77.4 cm³/mol. The SMILES string of the molecule is Cc1cc(CNC(=O)C(C(N)=NO)C(C)C)sc1C. The zero-order chi connectivity index (χ0) is 14.6. The molecular weight excluding hydrogens is 262 g/mol. The summed E-state index contributed by atoms with van der Waals surface area (Å²) in [6.07, 6.45) is 0. The van der Waals surface area contributed by atoms with Crippen LogP contribution in [0, 0.1) is 25.7 Å². The molecule has 1 aromatic rings. The average molecular weight is 283 g/mol. The Labute approximate surface area is 117 Å². The zero-order valence-electron chi connectivity index (χ0n) is 11.7. The molecule has 19 heavy (non-hydrogen) atoms. The summed E-state index contributed by atoms with van der Waals surface area (Å²) < 4.78 is 0. The lowest BCUT2D eigenvalue weighted by atomic mass is 9.94. The summed E-state index contributed by atoms with van der Waals surface area (Å²) in [5, 5.41) is 14.5. The van der Waals surface area contributed by atoms with Gasteiger partial charge in [0.2, 0.25) is 5.91 Å². The van der Waals surface area contributed by atoms with E-state index in [0.29, 0.717) is 6.54 Å². The fourth-order valence-electron chi connectivity index (χ4n) is 1.86. The number of hydrogen-bond acceptors (Lipinski definition) is 4. The number of aryl methyl sites for hydroxylation is 2. The van der Waals surface area contributed by atoms with Gasteiger partial charge in [-0.25, -0.2) is 0 Å². The number of nitrogens with zero attached hydrogens (tertiary/aromatic N) is 1. The predicted octanol–water partition coefficient (Wildman–Crippen LogP) is 2.00. The summed E-state index contributed by atoms with van der Waals surface area (Å²) in [7, 11) is 0. The van der Waals surface area contributed by atoms with Gasteiger partial charge in [-0.2, -0.15) is 0 Å². The lowest BCUT2D eigenvalue weighted by molar-refractivity contribution is -0.124. The molecular formula is C13H21N3O2S. The average Bonchev–Trinajstić information content (AvgIpc) is 2.65. The first kappa shape index (κ1) is 15.5. The Hall–Kier alpha value is -1.56. The van der Waals surface area contributed by atoms with E-state index < -0.39 is 5.92 Å². The van der Waals surface area contributed by atoms with Crippen LogP contribution in [0.25, 0.3) is 0 Å². The second-order valence-corrected chi connectivity index (χ2v) is 6.26. The molecule has 0 aliphatic heterocycles. The van der Waals surface area contributed by atoms with Gasteiger partial charge < -0.3 is 16.3 Å². The first-order valence-electron chi connectivity index (χ1n) is 6.17. The molecule has 0 aliphatic rings. The van der Waals surface area contributed by atoms with E-state index in [4.69, 9.17) is 10.9 Å². The number of nitrogens with one attached hydrogen (secondary N) is 1. The Bertz CT molecular complexity index is 461. The molecule has 0 spiro atoms. The molecule has 0 aliphatic carbocycles. The smallest absolute Gasteiger partial charge is 0.231 e. The molecule has 1 aromatic heterocycles. The van der Waals surface area contributed by atoms with Gasteiger partial charge in [0.15, 0.2) is 5.84 Å². The Kier molecular flexibility index (Phi) is 5.35. The molecule has 0 bridgehead atoms. The second kappa shape index (κ2) is 6.56. The van der Waals surface area contributed by atoms with Crippen molar-refractivity contribution in [2.45, 2.75) is 34.2 Å². The number of rotatable bonds is 5. The van der Waals surface area contributed by atoms with E-state index >= 15 is 0 Å². The highest BCUT2D eigenvalue weighted by Gasteiger charge is 2.26. The van der Waals surface area contributed by atoms with Crippen molar-refractivity contribution >= 4 is 23.1 Å². The Balaban J connectivity index is 2.68. The van der Waals surface area contributed by atoms with Crippen molar-refractivity contribution in [2.24, 2.45) is 22.7 Å². The third-order valence-electron chi connectivity index (χ3n) is 3.04. The Morgan fingerprint density at radius 2 is 2.16 bits per heavy atom. The normalized spacial score (nSPS) is 13.6. The van der Waals surface area contributed by atoms with Crippen molar-refractivity contribution < 1.29 is 10.0 Å². The Morgan fingerprint density at radius 3 is 2.58 bits per heavy atom. The topological polar surface area (TPSA) is 87.7 Å². The summed E-state index contributed by atoms with van der Waals surface area (Å²) in [5.41, 5.74) is 6.79. The van der Waals surface area contributed by atoms with Gasteiger partial charge in [-0.1, -0.05) is 19.0 Å². The van der Waals surface area contributed by atoms with E-state index in [1.807, 2.05) is 20.8 Å². The van der Waals surface area contributed by atoms with Crippen LogP contribution < -0.4 is 11.1 Å². The monoisotopic (exact) mass is 283 g/mol. The highest BCUT2D eigenvalue weighted by Crippen LogP contribution is 2.20. The molecule has 6 heteroatoms. The molecule has 0 saturated heterocycles. The summed E-state index contributed by atoms with van der Waals surface area (Å²) in [5.74, 6) is -0.894. The second-order valence-electron chi connectivity index (χ2n) is 4.92. The largest absolute Gasteiger partial charge is 0.409 e. The van der Waals surface area contributed by atoms with Gasteiger partial charge in [0, 0.05) is 9.75 Å². The third-order valence-corrected chi connectivity index (χ3v) is 4.19. The van der Waals surface area contributed by atoms with Crippen LogP contribution in [0.15, 0.2) is 11.2 Å². The lowest BCUT2D eigenvalue weighted by Crippen LogP contribution is -2.41. The summed E-state index contributed by atoms with van der Waals surface area (Å²) in [4.78, 5) is 14.4. The maximum Gasteiger partial charge on any atom is 0.231 e. The van der Waals surface area contributed by atoms with Crippen LogP contribution in [0.4, 0.5) is 0 Å². The minimum absolute atomic E-state index is 0.0253. The van der Waals surface area contributed by atoms with E-state index in [1.165, 1.54) is 10.4 Å². The van der Waals surface area contributed by atoms with Crippen molar-refractivity contribution in [3.05, 3.63) is 21.4 Å². The van der Waals surface area contributed by atoms with Crippen LogP contribution >= 0.6 is 11.3 Å². The van der Waals surface area contributed by atoms with E-state index in [1.54, 1.807) is 11.3 Å². The van der Waals surface area contributed by atoms with Gasteiger partial charge in [0.05, 0.1) is 6.54 Å². The van der Waals surface area contributed by atoms with Crippen LogP contribution in [0.1, 0.15) is 29.2 Å². The quantitative estimate of drug-likeness (QED) is 0.334. The number of thiophene rings is 1. The molecule has 0 aromatic carbocycles. The highest BCUT2D eigenvalue weighted by atomic mass is 32.1. The third kappa shape index (κ3) is 3.96. The molecule has 4 N–H and O–H groups in total. The van der Waals surface area contributed by atoms with Gasteiger partial charge in [-0.3, -0.25) is 4.79 Å². The first-order valence-corrected chi connectivity index (χ1v) is 6.99. The molecule has 1 rings (SSSR count). The van der Waals surface area contributed by atoms with Crippen LogP contribution in [-0.2, 0) is 11.3 Å². The maximum atomic E-state index is 12.1. The van der Waals surface area contributed by atoms with Crippen LogP contribution in [-0.4, -0.2) is 17.0 Å². The molecule has 0 radical (unpaired) electrons. The first-order chi connectivity index (χ1) is 8.86. The van der Waals surface area contributed by atoms with Crippen molar-refractivity contribution in [3.63, 3.8) is 0 Å². The number of oxime groups is 1. The van der Waals surface area contributed by atoms with Crippen molar-refractivity contribution in [1.29, 1.82) is 0 Å². The van der Waals surface area contributed by atoms with Gasteiger partial charge in [0.1, 0.15) is 5.92 Å². The summed E-state index contributed by atoms with van der Waals surface area (Å²) in [6.45, 7) is 8.30. The minimum Gasteiger partial charge on any atom is -0.409 e. The van der Waals surface area contributed by atoms with Gasteiger partial charge >= 0.3 is 0 Å². The molecule has 1 amide bonds. The van der Waals surface area contributed by atoms with Crippen LogP contribution in [0.5, 0.6) is 0 Å². The maximum absolute atomic E-state index is 12.1. The van der Waals surface area contributed by atoms with E-state index in [-0.39, 0.29) is 17.7 Å². The van der Waals surface area contributed by atoms with Gasteiger partial charge in [-0.05, 0) is 31.4 Å². The number of nitrogens with two attached hydrogens (primary N) is 1. The van der Waals surface area contributed by atoms with Gasteiger partial charge in [-0.15, -0.1) is 11.3 Å². The highest BCUT2D eigenvalue weighted by molar-refractivity contribution is 7.12. The van der Waals surface area contributed by atoms with Crippen LogP contribution in [0.3, 0.4) is 0 Å². The molecule has 106 valence electrons. The number of carbonyl (C=O) groups excluding carboxylic acids is 1. The number of amidine groups is 1. The van der Waals surface area contributed by atoms with E-state index in [9.17, 15) is 4.79 Å². The van der Waals surface area contributed by atoms with Crippen molar-refractivity contribution in [3.8, 4) is 0 Å². The molecule has 5 nitrogen and oxygen atoms in total. The van der Waals surface area contributed by atoms with E-state index in [0.717, 1.165) is 4.88 Å². The fraction of sp³-hybridized carbons (Fsp3) is 0.538. The summed E-state index contributed by atoms with van der Waals surface area (Å²) >= 11 is 1.67. The Morgan fingerprint density at radius 1 is 1.53 bits per heavy atom. The molecule has 1 unspecified atom stereocenters. The van der Waals surface area contributed by atoms with Crippen LogP contribution in [0.2, 0.25) is 0 Å². The van der Waals surface area contributed by atoms with E-state index in [2.05, 4.69) is 23.5 Å². The minimum atomic E-state index is -0.604. The van der Waals surface area contributed by atoms with Crippen molar-refractivity contribution in [2.75, 3.05) is 0 Å². The number of amides is 1. The molecule has 1 atom stereocenters. The zero-order valence-corrected chi connectivity index (χ0v) is 12.5.